The highest BCUT2D eigenvalue weighted by molar-refractivity contribution is 7.18. The molecule has 0 saturated carbocycles. The number of nitrogens with zero attached hydrogens (tertiary/aromatic N) is 6. The molecule has 1 aromatic carbocycles. The molecule has 4 heterocycles. The molecule has 0 aliphatic carbocycles. The summed E-state index contributed by atoms with van der Waals surface area (Å²) in [5, 5.41) is 1.16. The zero-order valence-corrected chi connectivity index (χ0v) is 17.1. The van der Waals surface area contributed by atoms with Crippen molar-refractivity contribution in [1.29, 1.82) is 0 Å². The number of anilines is 2. The fourth-order valence-corrected chi connectivity index (χ4v) is 4.63. The molecule has 1 saturated heterocycles. The number of fused-ring (bicyclic) bond motifs is 1. The Morgan fingerprint density at radius 1 is 0.931 bits per heavy atom. The molecule has 1 aliphatic heterocycles. The van der Waals surface area contributed by atoms with Crippen LogP contribution in [0, 0.1) is 6.92 Å². The molecule has 146 valence electrons. The van der Waals surface area contributed by atoms with Crippen molar-refractivity contribution in [2.45, 2.75) is 13.3 Å². The van der Waals surface area contributed by atoms with E-state index in [1.165, 1.54) is 10.4 Å². The van der Waals surface area contributed by atoms with Crippen LogP contribution in [0.4, 0.5) is 11.6 Å². The van der Waals surface area contributed by atoms with E-state index in [0.29, 0.717) is 0 Å². The number of hydrogen-bond acceptors (Lipinski definition) is 7. The van der Waals surface area contributed by atoms with E-state index in [1.54, 1.807) is 17.7 Å². The molecule has 3 aromatic heterocycles. The largest absolute Gasteiger partial charge is 0.353 e. The molecule has 1 fully saturated rings. The van der Waals surface area contributed by atoms with Gasteiger partial charge in [-0.15, -0.1) is 11.3 Å². The van der Waals surface area contributed by atoms with Crippen LogP contribution < -0.4 is 9.80 Å². The molecule has 0 unspecified atom stereocenters. The van der Waals surface area contributed by atoms with Gasteiger partial charge in [0.2, 0.25) is 0 Å². The monoisotopic (exact) mass is 402 g/mol. The first-order valence-corrected chi connectivity index (χ1v) is 10.6. The summed E-state index contributed by atoms with van der Waals surface area (Å²) >= 11 is 1.72. The number of hydrogen-bond donors (Lipinski definition) is 0. The van der Waals surface area contributed by atoms with Crippen LogP contribution in [0.25, 0.3) is 10.2 Å². The average Bonchev–Trinajstić information content (AvgIpc) is 3.15. The maximum atomic E-state index is 4.82. The van der Waals surface area contributed by atoms with Gasteiger partial charge in [0.05, 0.1) is 5.39 Å². The topological polar surface area (TPSA) is 58.0 Å². The molecule has 0 bridgehead atoms. The number of aryl methyl sites for hydroxylation is 1. The third kappa shape index (κ3) is 3.78. The van der Waals surface area contributed by atoms with Crippen molar-refractivity contribution >= 4 is 33.2 Å². The van der Waals surface area contributed by atoms with Crippen LogP contribution in [-0.2, 0) is 6.42 Å². The van der Waals surface area contributed by atoms with Crippen molar-refractivity contribution in [3.8, 4) is 0 Å². The fraction of sp³-hybridized carbons (Fsp3) is 0.273. The Balaban J connectivity index is 1.30. The lowest BCUT2D eigenvalue weighted by molar-refractivity contribution is 0.641. The normalized spacial score (nSPS) is 14.5. The zero-order chi connectivity index (χ0) is 19.6. The molecule has 4 aromatic rings. The summed E-state index contributed by atoms with van der Waals surface area (Å²) in [5.74, 6) is 2.92. The summed E-state index contributed by atoms with van der Waals surface area (Å²) in [5.41, 5.74) is 1.23. The maximum Gasteiger partial charge on any atom is 0.140 e. The van der Waals surface area contributed by atoms with Gasteiger partial charge in [-0.05, 0) is 24.6 Å². The lowest BCUT2D eigenvalue weighted by Crippen LogP contribution is -2.47. The predicted octanol–water partition coefficient (Wildman–Crippen LogP) is 3.71. The van der Waals surface area contributed by atoms with Crippen LogP contribution in [0.15, 0.2) is 55.0 Å². The predicted molar refractivity (Wildman–Crippen MR) is 118 cm³/mol. The van der Waals surface area contributed by atoms with Crippen molar-refractivity contribution in [3.05, 3.63) is 71.3 Å². The summed E-state index contributed by atoms with van der Waals surface area (Å²) in [7, 11) is 0. The summed E-state index contributed by atoms with van der Waals surface area (Å²) in [4.78, 5) is 25.3. The van der Waals surface area contributed by atoms with Gasteiger partial charge in [-0.2, -0.15) is 0 Å². The summed E-state index contributed by atoms with van der Waals surface area (Å²) in [6, 6.07) is 14.6. The van der Waals surface area contributed by atoms with E-state index < -0.39 is 0 Å². The maximum absolute atomic E-state index is 4.82. The van der Waals surface area contributed by atoms with Gasteiger partial charge in [0, 0.05) is 43.7 Å². The quantitative estimate of drug-likeness (QED) is 0.519. The van der Waals surface area contributed by atoms with Crippen molar-refractivity contribution in [3.63, 3.8) is 0 Å². The Morgan fingerprint density at radius 3 is 2.55 bits per heavy atom. The van der Waals surface area contributed by atoms with Crippen LogP contribution in [0.3, 0.4) is 0 Å². The zero-order valence-electron chi connectivity index (χ0n) is 16.3. The minimum Gasteiger partial charge on any atom is -0.353 e. The van der Waals surface area contributed by atoms with Gasteiger partial charge in [0.15, 0.2) is 0 Å². The van der Waals surface area contributed by atoms with E-state index in [0.717, 1.165) is 60.3 Å². The standard InChI is InChI=1S/C22H22N6S/c1-16-13-18-21(24-15-25-22(18)29-16)28-11-9-27(10-12-28)20-7-8-23-19(26-20)14-17-5-3-2-4-6-17/h2-8,13,15H,9-12,14H2,1H3. The highest BCUT2D eigenvalue weighted by atomic mass is 32.1. The lowest BCUT2D eigenvalue weighted by Gasteiger charge is -2.36. The van der Waals surface area contributed by atoms with Crippen LogP contribution in [0.1, 0.15) is 16.3 Å². The Labute approximate surface area is 173 Å². The van der Waals surface area contributed by atoms with Crippen molar-refractivity contribution in [2.75, 3.05) is 36.0 Å². The van der Waals surface area contributed by atoms with E-state index in [4.69, 9.17) is 4.98 Å². The molecule has 0 amide bonds. The number of rotatable bonds is 4. The Bertz CT molecular complexity index is 1120. The average molecular weight is 403 g/mol. The van der Waals surface area contributed by atoms with E-state index in [9.17, 15) is 0 Å². The molecule has 5 rings (SSSR count). The van der Waals surface area contributed by atoms with Crippen LogP contribution in [0.2, 0.25) is 0 Å². The minimum absolute atomic E-state index is 0.755. The van der Waals surface area contributed by atoms with E-state index in [2.05, 4.69) is 62.0 Å². The Hall–Kier alpha value is -3.06. The molecular weight excluding hydrogens is 380 g/mol. The highest BCUT2D eigenvalue weighted by Crippen LogP contribution is 2.30. The first kappa shape index (κ1) is 18.0. The summed E-state index contributed by atoms with van der Waals surface area (Å²) < 4.78 is 0. The number of aromatic nitrogens is 4. The molecule has 29 heavy (non-hydrogen) atoms. The third-order valence-corrected chi connectivity index (χ3v) is 6.19. The van der Waals surface area contributed by atoms with Gasteiger partial charge < -0.3 is 9.80 Å². The Morgan fingerprint density at radius 2 is 1.72 bits per heavy atom. The third-order valence-electron chi connectivity index (χ3n) is 5.23. The van der Waals surface area contributed by atoms with Crippen molar-refractivity contribution in [1.82, 2.24) is 19.9 Å². The lowest BCUT2D eigenvalue weighted by atomic mass is 10.1. The number of thiophene rings is 1. The van der Waals surface area contributed by atoms with Gasteiger partial charge in [-0.1, -0.05) is 30.3 Å². The molecule has 7 heteroatoms. The van der Waals surface area contributed by atoms with Crippen LogP contribution in [0.5, 0.6) is 0 Å². The van der Waals surface area contributed by atoms with E-state index >= 15 is 0 Å². The van der Waals surface area contributed by atoms with Crippen molar-refractivity contribution < 1.29 is 0 Å². The molecule has 6 nitrogen and oxygen atoms in total. The SMILES string of the molecule is Cc1cc2c(N3CCN(c4ccnc(Cc5ccccc5)n4)CC3)ncnc2s1. The second-order valence-electron chi connectivity index (χ2n) is 7.24. The van der Waals surface area contributed by atoms with Gasteiger partial charge >= 0.3 is 0 Å². The van der Waals surface area contributed by atoms with Gasteiger partial charge in [-0.3, -0.25) is 0 Å². The van der Waals surface area contributed by atoms with Gasteiger partial charge in [0.25, 0.3) is 0 Å². The van der Waals surface area contributed by atoms with Crippen LogP contribution >= 0.6 is 11.3 Å². The molecule has 0 atom stereocenters. The Kier molecular flexibility index (Phi) is 4.81. The summed E-state index contributed by atoms with van der Waals surface area (Å²) in [6.45, 7) is 5.78. The molecule has 0 radical (unpaired) electrons. The second-order valence-corrected chi connectivity index (χ2v) is 8.48. The molecule has 1 aliphatic rings. The molecule has 0 N–H and O–H groups in total. The van der Waals surface area contributed by atoms with Crippen LogP contribution in [-0.4, -0.2) is 46.1 Å². The first-order chi connectivity index (χ1) is 14.3. The minimum atomic E-state index is 0.755. The molecule has 0 spiro atoms. The number of piperazine rings is 1. The smallest absolute Gasteiger partial charge is 0.140 e. The highest BCUT2D eigenvalue weighted by Gasteiger charge is 2.21. The summed E-state index contributed by atoms with van der Waals surface area (Å²) in [6.07, 6.45) is 4.31. The molecular formula is C22H22N6S. The van der Waals surface area contributed by atoms with Gasteiger partial charge in [0.1, 0.15) is 28.6 Å². The van der Waals surface area contributed by atoms with Gasteiger partial charge in [-0.25, -0.2) is 19.9 Å². The number of benzene rings is 1. The van der Waals surface area contributed by atoms with Crippen molar-refractivity contribution in [2.24, 2.45) is 0 Å². The van der Waals surface area contributed by atoms with E-state index in [1.807, 2.05) is 18.3 Å². The van der Waals surface area contributed by atoms with E-state index in [-0.39, 0.29) is 0 Å². The first-order valence-electron chi connectivity index (χ1n) is 9.83. The fourth-order valence-electron chi connectivity index (χ4n) is 3.79. The second kappa shape index (κ2) is 7.75.